The van der Waals surface area contributed by atoms with Gasteiger partial charge < -0.3 is 10.1 Å². The lowest BCUT2D eigenvalue weighted by Gasteiger charge is -2.18. The van der Waals surface area contributed by atoms with E-state index in [9.17, 15) is 4.79 Å². The van der Waals surface area contributed by atoms with E-state index in [0.717, 1.165) is 21.4 Å². The number of ether oxygens (including phenoxy) is 1. The first kappa shape index (κ1) is 14.6. The Labute approximate surface area is 126 Å². The summed E-state index contributed by atoms with van der Waals surface area (Å²) in [5.74, 6) is -0.350. The highest BCUT2D eigenvalue weighted by atomic mass is 79.9. The van der Waals surface area contributed by atoms with E-state index in [1.165, 1.54) is 7.11 Å². The predicted octanol–water partition coefficient (Wildman–Crippen LogP) is 2.82. The molecule has 0 saturated heterocycles. The third-order valence-electron chi connectivity index (χ3n) is 2.97. The van der Waals surface area contributed by atoms with E-state index in [2.05, 4.69) is 26.3 Å². The highest BCUT2D eigenvalue weighted by Crippen LogP contribution is 2.28. The zero-order valence-electron chi connectivity index (χ0n) is 11.6. The van der Waals surface area contributed by atoms with Crippen LogP contribution in [-0.4, -0.2) is 22.9 Å². The van der Waals surface area contributed by atoms with Crippen LogP contribution >= 0.6 is 15.9 Å². The van der Waals surface area contributed by atoms with Gasteiger partial charge in [0.2, 0.25) is 0 Å². The summed E-state index contributed by atoms with van der Waals surface area (Å²) < 4.78 is 7.46. The predicted molar refractivity (Wildman–Crippen MR) is 80.5 cm³/mol. The average molecular weight is 338 g/mol. The molecule has 1 heterocycles. The van der Waals surface area contributed by atoms with Gasteiger partial charge in [0.05, 0.1) is 12.8 Å². The molecular formula is C14H16BrN3O2. The summed E-state index contributed by atoms with van der Waals surface area (Å²) in [6, 6.07) is 7.03. The fraction of sp³-hybridized carbons (Fsp3) is 0.286. The lowest BCUT2D eigenvalue weighted by atomic mass is 10.1. The number of carbonyl (C=O) groups is 1. The normalized spacial score (nSPS) is 12.0. The van der Waals surface area contributed by atoms with Gasteiger partial charge in [0.25, 0.3) is 0 Å². The Morgan fingerprint density at radius 2 is 2.15 bits per heavy atom. The Bertz CT molecular complexity index is 625. The van der Waals surface area contributed by atoms with Gasteiger partial charge in [-0.15, -0.1) is 0 Å². The molecule has 5 nitrogen and oxygen atoms in total. The standard InChI is InChI=1S/C14H16BrN3O2/c1-9-10(8-18(2)17-9)13(14(19)20-3)16-12-7-5-4-6-11(12)15/h4-8,13,16H,1-3H3. The molecular weight excluding hydrogens is 322 g/mol. The number of halogens is 1. The number of nitrogens with one attached hydrogen (secondary N) is 1. The van der Waals surface area contributed by atoms with Crippen LogP contribution in [0.1, 0.15) is 17.3 Å². The SMILES string of the molecule is COC(=O)C(Nc1ccccc1Br)c1cn(C)nc1C. The van der Waals surface area contributed by atoms with Crippen molar-refractivity contribution in [2.75, 3.05) is 12.4 Å². The van der Waals surface area contributed by atoms with Crippen molar-refractivity contribution in [2.24, 2.45) is 7.05 Å². The van der Waals surface area contributed by atoms with Gasteiger partial charge >= 0.3 is 5.97 Å². The number of aryl methyl sites for hydroxylation is 2. The molecule has 106 valence electrons. The summed E-state index contributed by atoms with van der Waals surface area (Å²) >= 11 is 3.46. The largest absolute Gasteiger partial charge is 0.467 e. The van der Waals surface area contributed by atoms with Gasteiger partial charge in [-0.3, -0.25) is 4.68 Å². The molecule has 0 aliphatic heterocycles. The molecule has 0 radical (unpaired) electrons. The summed E-state index contributed by atoms with van der Waals surface area (Å²) in [5.41, 5.74) is 2.42. The smallest absolute Gasteiger partial charge is 0.333 e. The summed E-state index contributed by atoms with van der Waals surface area (Å²) in [5, 5.41) is 7.46. The van der Waals surface area contributed by atoms with Crippen molar-refractivity contribution in [3.05, 3.63) is 46.2 Å². The number of anilines is 1. The first-order valence-electron chi connectivity index (χ1n) is 6.12. The highest BCUT2D eigenvalue weighted by molar-refractivity contribution is 9.10. The van der Waals surface area contributed by atoms with Crippen LogP contribution in [0.2, 0.25) is 0 Å². The first-order chi connectivity index (χ1) is 9.52. The summed E-state index contributed by atoms with van der Waals surface area (Å²) in [7, 11) is 3.20. The number of hydrogen-bond acceptors (Lipinski definition) is 4. The topological polar surface area (TPSA) is 56.1 Å². The number of rotatable bonds is 4. The number of esters is 1. The number of aromatic nitrogens is 2. The van der Waals surface area contributed by atoms with Crippen LogP contribution in [0, 0.1) is 6.92 Å². The van der Waals surface area contributed by atoms with E-state index in [4.69, 9.17) is 4.74 Å². The second-order valence-corrected chi connectivity index (χ2v) is 5.28. The van der Waals surface area contributed by atoms with E-state index in [-0.39, 0.29) is 5.97 Å². The molecule has 1 aromatic carbocycles. The van der Waals surface area contributed by atoms with Gasteiger partial charge in [-0.1, -0.05) is 12.1 Å². The van der Waals surface area contributed by atoms with Crippen LogP contribution in [0.5, 0.6) is 0 Å². The van der Waals surface area contributed by atoms with Crippen LogP contribution in [-0.2, 0) is 16.6 Å². The number of methoxy groups -OCH3 is 1. The molecule has 1 atom stereocenters. The van der Waals surface area contributed by atoms with Crippen molar-refractivity contribution in [1.29, 1.82) is 0 Å². The molecule has 2 aromatic rings. The molecule has 0 aliphatic rings. The minimum absolute atomic E-state index is 0.350. The maximum absolute atomic E-state index is 12.1. The number of benzene rings is 1. The van der Waals surface area contributed by atoms with E-state index >= 15 is 0 Å². The first-order valence-corrected chi connectivity index (χ1v) is 6.91. The molecule has 20 heavy (non-hydrogen) atoms. The van der Waals surface area contributed by atoms with Crippen molar-refractivity contribution in [3.63, 3.8) is 0 Å². The van der Waals surface area contributed by atoms with Crippen molar-refractivity contribution in [1.82, 2.24) is 9.78 Å². The minimum atomic E-state index is -0.590. The maximum Gasteiger partial charge on any atom is 0.333 e. The molecule has 0 spiro atoms. The van der Waals surface area contributed by atoms with Crippen LogP contribution in [0.25, 0.3) is 0 Å². The summed E-state index contributed by atoms with van der Waals surface area (Å²) in [4.78, 5) is 12.1. The van der Waals surface area contributed by atoms with Crippen LogP contribution < -0.4 is 5.32 Å². The molecule has 0 bridgehead atoms. The fourth-order valence-electron chi connectivity index (χ4n) is 2.02. The van der Waals surface area contributed by atoms with E-state index in [0.29, 0.717) is 0 Å². The van der Waals surface area contributed by atoms with Crippen LogP contribution in [0.15, 0.2) is 34.9 Å². The quantitative estimate of drug-likeness (QED) is 0.871. The fourth-order valence-corrected chi connectivity index (χ4v) is 2.42. The number of nitrogens with zero attached hydrogens (tertiary/aromatic N) is 2. The molecule has 0 aliphatic carbocycles. The van der Waals surface area contributed by atoms with Gasteiger partial charge in [0, 0.05) is 29.0 Å². The Balaban J connectivity index is 2.37. The lowest BCUT2D eigenvalue weighted by molar-refractivity contribution is -0.141. The highest BCUT2D eigenvalue weighted by Gasteiger charge is 2.25. The summed E-state index contributed by atoms with van der Waals surface area (Å²) in [6.45, 7) is 1.87. The average Bonchev–Trinajstić information content (AvgIpc) is 2.76. The van der Waals surface area contributed by atoms with Crippen molar-refractivity contribution >= 4 is 27.6 Å². The maximum atomic E-state index is 12.1. The van der Waals surface area contributed by atoms with E-state index < -0.39 is 6.04 Å². The molecule has 2 rings (SSSR count). The Morgan fingerprint density at radius 3 is 2.70 bits per heavy atom. The van der Waals surface area contributed by atoms with E-state index in [1.54, 1.807) is 4.68 Å². The Kier molecular flexibility index (Phi) is 4.44. The van der Waals surface area contributed by atoms with Crippen molar-refractivity contribution in [2.45, 2.75) is 13.0 Å². The third kappa shape index (κ3) is 3.01. The zero-order valence-corrected chi connectivity index (χ0v) is 13.1. The molecule has 0 fully saturated rings. The van der Waals surface area contributed by atoms with Gasteiger partial charge in [0.15, 0.2) is 6.04 Å². The third-order valence-corrected chi connectivity index (χ3v) is 3.66. The van der Waals surface area contributed by atoms with Crippen molar-refractivity contribution < 1.29 is 9.53 Å². The number of para-hydroxylation sites is 1. The van der Waals surface area contributed by atoms with Crippen LogP contribution in [0.4, 0.5) is 5.69 Å². The van der Waals surface area contributed by atoms with Gasteiger partial charge in [-0.25, -0.2) is 4.79 Å². The van der Waals surface area contributed by atoms with Crippen LogP contribution in [0.3, 0.4) is 0 Å². The Morgan fingerprint density at radius 1 is 1.45 bits per heavy atom. The van der Waals surface area contributed by atoms with Gasteiger partial charge in [0.1, 0.15) is 0 Å². The lowest BCUT2D eigenvalue weighted by Crippen LogP contribution is -2.22. The molecule has 1 N–H and O–H groups in total. The zero-order chi connectivity index (χ0) is 14.7. The molecule has 1 aromatic heterocycles. The monoisotopic (exact) mass is 337 g/mol. The summed E-state index contributed by atoms with van der Waals surface area (Å²) in [6.07, 6.45) is 1.82. The minimum Gasteiger partial charge on any atom is -0.467 e. The van der Waals surface area contributed by atoms with Gasteiger partial charge in [-0.2, -0.15) is 5.10 Å². The molecule has 0 amide bonds. The van der Waals surface area contributed by atoms with E-state index in [1.807, 2.05) is 44.4 Å². The van der Waals surface area contributed by atoms with Crippen molar-refractivity contribution in [3.8, 4) is 0 Å². The molecule has 1 unspecified atom stereocenters. The Hall–Kier alpha value is -1.82. The molecule has 0 saturated carbocycles. The molecule has 6 heteroatoms. The van der Waals surface area contributed by atoms with Gasteiger partial charge in [-0.05, 0) is 35.0 Å². The second kappa shape index (κ2) is 6.09. The number of carbonyl (C=O) groups excluding carboxylic acids is 1. The second-order valence-electron chi connectivity index (χ2n) is 4.42. The number of hydrogen-bond donors (Lipinski definition) is 1.